The second-order valence-corrected chi connectivity index (χ2v) is 3.11. The molecule has 17 heavy (non-hydrogen) atoms. The van der Waals surface area contributed by atoms with E-state index < -0.39 is 5.97 Å². The lowest BCUT2D eigenvalue weighted by Gasteiger charge is -2.12. The van der Waals surface area contributed by atoms with Gasteiger partial charge in [-0.25, -0.2) is 0 Å². The third kappa shape index (κ3) is 3.14. The predicted molar refractivity (Wildman–Crippen MR) is 60.1 cm³/mol. The first-order chi connectivity index (χ1) is 8.12. The Morgan fingerprint density at radius 2 is 1.65 bits per heavy atom. The quantitative estimate of drug-likeness (QED) is 0.696. The average molecular weight is 237 g/mol. The highest BCUT2D eigenvalue weighted by atomic mass is 16.5. The molecule has 0 aromatic heterocycles. The Hall–Kier alpha value is -2.17. The maximum atomic E-state index is 10.3. The van der Waals surface area contributed by atoms with Crippen LogP contribution in [0.3, 0.4) is 0 Å². The molecule has 0 aliphatic carbocycles. The van der Waals surface area contributed by atoms with Gasteiger partial charge in [-0.3, -0.25) is 0 Å². The largest absolute Gasteiger partial charge is 0.545 e. The van der Waals surface area contributed by atoms with E-state index >= 15 is 0 Å². The van der Waals surface area contributed by atoms with E-state index in [1.54, 1.807) is 12.1 Å². The summed E-state index contributed by atoms with van der Waals surface area (Å²) < 4.78 is 15.4. The molecule has 0 radical (unpaired) electrons. The fourth-order valence-electron chi connectivity index (χ4n) is 1.36. The number of hydrogen-bond acceptors (Lipinski definition) is 5. The van der Waals surface area contributed by atoms with Gasteiger partial charge in [0.2, 0.25) is 5.75 Å². The summed E-state index contributed by atoms with van der Waals surface area (Å²) in [4.78, 5) is 10.3. The Morgan fingerprint density at radius 1 is 1.12 bits per heavy atom. The third-order valence-corrected chi connectivity index (χ3v) is 2.10. The van der Waals surface area contributed by atoms with Crippen LogP contribution >= 0.6 is 0 Å². The number of rotatable bonds is 5. The van der Waals surface area contributed by atoms with E-state index in [4.69, 9.17) is 14.2 Å². The summed E-state index contributed by atoms with van der Waals surface area (Å²) in [7, 11) is 4.48. The molecule has 0 fully saturated rings. The molecule has 92 valence electrons. The van der Waals surface area contributed by atoms with Gasteiger partial charge in [0, 0.05) is 0 Å². The molecule has 0 unspecified atom stereocenters. The van der Waals surface area contributed by atoms with Gasteiger partial charge >= 0.3 is 0 Å². The Kier molecular flexibility index (Phi) is 4.39. The zero-order valence-electron chi connectivity index (χ0n) is 9.85. The average Bonchev–Trinajstić information content (AvgIpc) is 2.34. The van der Waals surface area contributed by atoms with E-state index in [-0.39, 0.29) is 0 Å². The topological polar surface area (TPSA) is 67.8 Å². The summed E-state index contributed by atoms with van der Waals surface area (Å²) in [5, 5.41) is 10.3. The molecule has 5 heteroatoms. The van der Waals surface area contributed by atoms with E-state index in [2.05, 4.69) is 0 Å². The molecule has 0 bridgehead atoms. The van der Waals surface area contributed by atoms with Crippen LogP contribution in [0, 0.1) is 0 Å². The van der Waals surface area contributed by atoms with Gasteiger partial charge in [-0.1, -0.05) is 6.08 Å². The molecule has 0 aliphatic rings. The Balaban J connectivity index is 3.22. The van der Waals surface area contributed by atoms with Crippen LogP contribution in [0.15, 0.2) is 18.2 Å². The number of methoxy groups -OCH3 is 3. The zero-order valence-corrected chi connectivity index (χ0v) is 9.85. The highest BCUT2D eigenvalue weighted by Gasteiger charge is 2.11. The molecule has 0 aliphatic heterocycles. The Labute approximate surface area is 99.2 Å². The van der Waals surface area contributed by atoms with Crippen molar-refractivity contribution in [3.8, 4) is 17.2 Å². The molecule has 1 aromatic rings. The summed E-state index contributed by atoms with van der Waals surface area (Å²) in [6.07, 6.45) is 2.32. The smallest absolute Gasteiger partial charge is 0.203 e. The van der Waals surface area contributed by atoms with Crippen molar-refractivity contribution in [2.75, 3.05) is 21.3 Å². The SMILES string of the molecule is COc1cc(C=CC(=O)[O-])cc(OC)c1OC. The van der Waals surface area contributed by atoms with Crippen molar-refractivity contribution in [1.29, 1.82) is 0 Å². The van der Waals surface area contributed by atoms with Crippen molar-refractivity contribution >= 4 is 12.0 Å². The molecule has 5 nitrogen and oxygen atoms in total. The van der Waals surface area contributed by atoms with E-state index in [9.17, 15) is 9.90 Å². The van der Waals surface area contributed by atoms with Crippen LogP contribution in [0.4, 0.5) is 0 Å². The van der Waals surface area contributed by atoms with E-state index in [1.807, 2.05) is 0 Å². The Morgan fingerprint density at radius 3 is 2.00 bits per heavy atom. The minimum atomic E-state index is -1.27. The molecule has 0 atom stereocenters. The van der Waals surface area contributed by atoms with Gasteiger partial charge in [0.25, 0.3) is 0 Å². The van der Waals surface area contributed by atoms with Gasteiger partial charge in [-0.05, 0) is 23.8 Å². The van der Waals surface area contributed by atoms with Crippen LogP contribution in [-0.4, -0.2) is 27.3 Å². The van der Waals surface area contributed by atoms with Gasteiger partial charge in [0.05, 0.1) is 27.3 Å². The molecule has 0 amide bonds. The van der Waals surface area contributed by atoms with Crippen LogP contribution < -0.4 is 19.3 Å². The van der Waals surface area contributed by atoms with Gasteiger partial charge in [-0.15, -0.1) is 0 Å². The standard InChI is InChI=1S/C12H14O5/c1-15-9-6-8(4-5-11(13)14)7-10(16-2)12(9)17-3/h4-7H,1-3H3,(H,13,14)/p-1. The van der Waals surface area contributed by atoms with Crippen molar-refractivity contribution in [2.45, 2.75) is 0 Å². The molecule has 0 N–H and O–H groups in total. The number of benzene rings is 1. The van der Waals surface area contributed by atoms with Gasteiger partial charge in [-0.2, -0.15) is 0 Å². The highest BCUT2D eigenvalue weighted by molar-refractivity contribution is 5.84. The minimum absolute atomic E-state index is 0.459. The molecular formula is C12H13O5-. The van der Waals surface area contributed by atoms with Crippen molar-refractivity contribution in [1.82, 2.24) is 0 Å². The summed E-state index contributed by atoms with van der Waals surface area (Å²) in [5.41, 5.74) is 0.615. The third-order valence-electron chi connectivity index (χ3n) is 2.10. The molecule has 0 heterocycles. The fourth-order valence-corrected chi connectivity index (χ4v) is 1.36. The number of aliphatic carboxylic acids is 1. The summed E-state index contributed by atoms with van der Waals surface area (Å²) in [5.74, 6) is 0.119. The van der Waals surface area contributed by atoms with Crippen molar-refractivity contribution < 1.29 is 24.1 Å². The summed E-state index contributed by atoms with van der Waals surface area (Å²) >= 11 is 0. The highest BCUT2D eigenvalue weighted by Crippen LogP contribution is 2.38. The number of carboxylic acid groups (broad SMARTS) is 1. The van der Waals surface area contributed by atoms with E-state index in [1.165, 1.54) is 27.4 Å². The van der Waals surface area contributed by atoms with Crippen LogP contribution in [-0.2, 0) is 4.79 Å². The van der Waals surface area contributed by atoms with Crippen LogP contribution in [0.1, 0.15) is 5.56 Å². The lowest BCUT2D eigenvalue weighted by Crippen LogP contribution is -2.18. The van der Waals surface area contributed by atoms with Crippen LogP contribution in [0.2, 0.25) is 0 Å². The number of carbonyl (C=O) groups excluding carboxylic acids is 1. The minimum Gasteiger partial charge on any atom is -0.545 e. The summed E-state index contributed by atoms with van der Waals surface area (Å²) in [6, 6.07) is 3.28. The maximum absolute atomic E-state index is 10.3. The van der Waals surface area contributed by atoms with E-state index in [0.29, 0.717) is 22.8 Å². The first-order valence-corrected chi connectivity index (χ1v) is 4.81. The van der Waals surface area contributed by atoms with Gasteiger partial charge < -0.3 is 24.1 Å². The first kappa shape index (κ1) is 12.9. The predicted octanol–water partition coefficient (Wildman–Crippen LogP) is 0.476. The lowest BCUT2D eigenvalue weighted by atomic mass is 10.1. The Bertz CT molecular complexity index is 412. The van der Waals surface area contributed by atoms with E-state index in [0.717, 1.165) is 6.08 Å². The van der Waals surface area contributed by atoms with Crippen molar-refractivity contribution in [3.05, 3.63) is 23.8 Å². The first-order valence-electron chi connectivity index (χ1n) is 4.81. The fraction of sp³-hybridized carbons (Fsp3) is 0.250. The summed E-state index contributed by atoms with van der Waals surface area (Å²) in [6.45, 7) is 0. The molecule has 0 spiro atoms. The number of carboxylic acids is 1. The molecule has 1 rings (SSSR count). The zero-order chi connectivity index (χ0) is 12.8. The maximum Gasteiger partial charge on any atom is 0.203 e. The molecule has 1 aromatic carbocycles. The van der Waals surface area contributed by atoms with Crippen LogP contribution in [0.25, 0.3) is 6.08 Å². The van der Waals surface area contributed by atoms with Gasteiger partial charge in [0.1, 0.15) is 0 Å². The van der Waals surface area contributed by atoms with Crippen molar-refractivity contribution in [3.63, 3.8) is 0 Å². The lowest BCUT2D eigenvalue weighted by molar-refractivity contribution is -0.297. The van der Waals surface area contributed by atoms with Gasteiger partial charge in [0.15, 0.2) is 11.5 Å². The number of ether oxygens (including phenoxy) is 3. The monoisotopic (exact) mass is 237 g/mol. The number of carbonyl (C=O) groups is 1. The molecule has 0 saturated heterocycles. The number of hydrogen-bond donors (Lipinski definition) is 0. The normalized spacial score (nSPS) is 10.3. The molecule has 0 saturated carbocycles. The van der Waals surface area contributed by atoms with Crippen LogP contribution in [0.5, 0.6) is 17.2 Å². The van der Waals surface area contributed by atoms with Crippen molar-refractivity contribution in [2.24, 2.45) is 0 Å². The second kappa shape index (κ2) is 5.79. The second-order valence-electron chi connectivity index (χ2n) is 3.11. The molecular weight excluding hydrogens is 224 g/mol.